The molecule has 0 radical (unpaired) electrons. The molecular weight excluding hydrogens is 456 g/mol. The molecule has 186 valence electrons. The van der Waals surface area contributed by atoms with E-state index >= 15 is 0 Å². The average molecular weight is 493 g/mol. The van der Waals surface area contributed by atoms with Crippen LogP contribution >= 0.6 is 11.3 Å². The summed E-state index contributed by atoms with van der Waals surface area (Å²) >= 11 is 1.73. The maximum absolute atomic E-state index is 13.2. The Hall–Kier alpha value is -2.84. The summed E-state index contributed by atoms with van der Waals surface area (Å²) in [5.74, 6) is 1.07. The van der Waals surface area contributed by atoms with Crippen LogP contribution in [0.3, 0.4) is 0 Å². The second kappa shape index (κ2) is 10.0. The normalized spacial score (nSPS) is 13.3. The molecular formula is C27H36N6OS. The number of aromatic nitrogens is 5. The van der Waals surface area contributed by atoms with Gasteiger partial charge in [-0.1, -0.05) is 32.9 Å². The SMILES string of the molecule is CCC(C)(C)n1nnnc1C(C(C)C)N(Cc1cccs1)Cc1cc2c(C)cc(C)cc2[nH]c1=O. The molecule has 1 unspecified atom stereocenters. The molecule has 1 atom stereocenters. The number of hydrogen-bond donors (Lipinski definition) is 1. The zero-order valence-corrected chi connectivity index (χ0v) is 22.6. The van der Waals surface area contributed by atoms with Crippen LogP contribution in [0.5, 0.6) is 0 Å². The Balaban J connectivity index is 1.81. The first-order chi connectivity index (χ1) is 16.6. The standard InChI is InChI=1S/C27H36N6OS/c1-8-27(6,7)33-25(29-30-31-33)24(17(2)3)32(16-21-10-9-11-35-21)15-20-14-22-19(5)12-18(4)13-23(22)28-26(20)34/h9-14,17,24H,8,15-16H2,1-7H3,(H,28,34). The highest BCUT2D eigenvalue weighted by atomic mass is 32.1. The first-order valence-electron chi connectivity index (χ1n) is 12.3. The van der Waals surface area contributed by atoms with Crippen LogP contribution in [0, 0.1) is 19.8 Å². The number of tetrazole rings is 1. The minimum absolute atomic E-state index is 0.0466. The second-order valence-electron chi connectivity index (χ2n) is 10.5. The third-order valence-corrected chi connectivity index (χ3v) is 7.78. The van der Waals surface area contributed by atoms with Crippen LogP contribution in [-0.2, 0) is 18.6 Å². The number of aryl methyl sites for hydroxylation is 2. The van der Waals surface area contributed by atoms with Gasteiger partial charge in [-0.3, -0.25) is 9.69 Å². The van der Waals surface area contributed by atoms with Crippen molar-refractivity contribution in [3.63, 3.8) is 0 Å². The van der Waals surface area contributed by atoms with Crippen LogP contribution in [0.2, 0.25) is 0 Å². The Morgan fingerprint density at radius 1 is 1.17 bits per heavy atom. The summed E-state index contributed by atoms with van der Waals surface area (Å²) in [7, 11) is 0. The summed E-state index contributed by atoms with van der Waals surface area (Å²) in [6.45, 7) is 16.2. The van der Waals surface area contributed by atoms with Crippen LogP contribution in [0.1, 0.15) is 74.5 Å². The van der Waals surface area contributed by atoms with Crippen LogP contribution in [0.15, 0.2) is 40.5 Å². The predicted octanol–water partition coefficient (Wildman–Crippen LogP) is 5.74. The third-order valence-electron chi connectivity index (χ3n) is 6.92. The third kappa shape index (κ3) is 5.23. The lowest BCUT2D eigenvalue weighted by Gasteiger charge is -2.35. The fourth-order valence-electron chi connectivity index (χ4n) is 4.75. The zero-order chi connectivity index (χ0) is 25.3. The van der Waals surface area contributed by atoms with Gasteiger partial charge in [0.15, 0.2) is 5.82 Å². The number of H-pyrrole nitrogens is 1. The first-order valence-corrected chi connectivity index (χ1v) is 13.2. The topological polar surface area (TPSA) is 79.7 Å². The van der Waals surface area contributed by atoms with Gasteiger partial charge in [0.25, 0.3) is 5.56 Å². The van der Waals surface area contributed by atoms with E-state index in [1.807, 2.05) is 10.7 Å². The molecule has 0 fully saturated rings. The van der Waals surface area contributed by atoms with E-state index < -0.39 is 0 Å². The highest BCUT2D eigenvalue weighted by molar-refractivity contribution is 7.09. The molecule has 4 aromatic rings. The van der Waals surface area contributed by atoms with E-state index in [-0.39, 0.29) is 23.1 Å². The molecule has 3 aromatic heterocycles. The Bertz CT molecular complexity index is 1350. The molecule has 4 rings (SSSR count). The Morgan fingerprint density at radius 3 is 2.60 bits per heavy atom. The minimum atomic E-state index is -0.212. The van der Waals surface area contributed by atoms with Crippen molar-refractivity contribution in [3.8, 4) is 0 Å². The number of thiophene rings is 1. The van der Waals surface area contributed by atoms with E-state index in [9.17, 15) is 4.79 Å². The van der Waals surface area contributed by atoms with Crippen LogP contribution in [0.4, 0.5) is 0 Å². The van der Waals surface area contributed by atoms with Crippen molar-refractivity contribution in [1.29, 1.82) is 0 Å². The molecule has 0 saturated heterocycles. The van der Waals surface area contributed by atoms with Gasteiger partial charge in [0.05, 0.1) is 11.6 Å². The number of rotatable bonds is 9. The fraction of sp³-hybridized carbons (Fsp3) is 0.481. The predicted molar refractivity (Wildman–Crippen MR) is 143 cm³/mol. The Morgan fingerprint density at radius 2 is 1.94 bits per heavy atom. The molecule has 8 heteroatoms. The summed E-state index contributed by atoms with van der Waals surface area (Å²) in [4.78, 5) is 19.9. The zero-order valence-electron chi connectivity index (χ0n) is 21.8. The molecule has 1 N–H and O–H groups in total. The van der Waals surface area contributed by atoms with E-state index in [1.54, 1.807) is 11.3 Å². The largest absolute Gasteiger partial charge is 0.322 e. The summed E-state index contributed by atoms with van der Waals surface area (Å²) in [6, 6.07) is 10.4. The molecule has 1 aromatic carbocycles. The maximum Gasteiger partial charge on any atom is 0.252 e. The van der Waals surface area contributed by atoms with Crippen molar-refractivity contribution in [2.75, 3.05) is 0 Å². The minimum Gasteiger partial charge on any atom is -0.322 e. The van der Waals surface area contributed by atoms with Gasteiger partial charge in [-0.2, -0.15) is 0 Å². The Labute approximate surface area is 211 Å². The van der Waals surface area contributed by atoms with Gasteiger partial charge in [0.2, 0.25) is 0 Å². The number of nitrogens with zero attached hydrogens (tertiary/aromatic N) is 5. The summed E-state index contributed by atoms with van der Waals surface area (Å²) < 4.78 is 1.97. The van der Waals surface area contributed by atoms with Crippen molar-refractivity contribution in [3.05, 3.63) is 73.5 Å². The van der Waals surface area contributed by atoms with Crippen molar-refractivity contribution < 1.29 is 0 Å². The Kier molecular flexibility index (Phi) is 7.24. The lowest BCUT2D eigenvalue weighted by atomic mass is 9.97. The van der Waals surface area contributed by atoms with Gasteiger partial charge in [-0.05, 0) is 85.2 Å². The second-order valence-corrected chi connectivity index (χ2v) is 11.5. The monoisotopic (exact) mass is 492 g/mol. The average Bonchev–Trinajstić information content (AvgIpc) is 3.47. The van der Waals surface area contributed by atoms with Crippen LogP contribution in [0.25, 0.3) is 10.9 Å². The van der Waals surface area contributed by atoms with Crippen molar-refractivity contribution in [2.24, 2.45) is 5.92 Å². The van der Waals surface area contributed by atoms with Crippen molar-refractivity contribution >= 4 is 22.2 Å². The lowest BCUT2D eigenvalue weighted by Crippen LogP contribution is -2.38. The molecule has 0 aliphatic rings. The summed E-state index contributed by atoms with van der Waals surface area (Å²) in [5.41, 5.74) is 3.68. The van der Waals surface area contributed by atoms with Gasteiger partial charge in [-0.25, -0.2) is 4.68 Å². The van der Waals surface area contributed by atoms with Gasteiger partial charge in [0.1, 0.15) is 0 Å². The van der Waals surface area contributed by atoms with E-state index in [2.05, 4.69) is 104 Å². The number of hydrogen-bond acceptors (Lipinski definition) is 6. The number of pyridine rings is 1. The van der Waals surface area contributed by atoms with Crippen LogP contribution < -0.4 is 5.56 Å². The quantitative estimate of drug-likeness (QED) is 0.322. The van der Waals surface area contributed by atoms with Crippen molar-refractivity contribution in [1.82, 2.24) is 30.1 Å². The van der Waals surface area contributed by atoms with Crippen LogP contribution in [-0.4, -0.2) is 30.1 Å². The number of benzene rings is 1. The molecule has 0 aliphatic carbocycles. The molecule has 35 heavy (non-hydrogen) atoms. The van der Waals surface area contributed by atoms with E-state index in [1.165, 1.54) is 4.88 Å². The fourth-order valence-corrected chi connectivity index (χ4v) is 5.48. The van der Waals surface area contributed by atoms with Gasteiger partial charge in [0, 0.05) is 34.4 Å². The number of nitrogens with one attached hydrogen (secondary N) is 1. The molecule has 0 bridgehead atoms. The summed E-state index contributed by atoms with van der Waals surface area (Å²) in [5, 5.41) is 16.2. The van der Waals surface area contributed by atoms with E-state index in [0.717, 1.165) is 39.8 Å². The highest BCUT2D eigenvalue weighted by Crippen LogP contribution is 2.33. The molecule has 3 heterocycles. The number of aromatic amines is 1. The smallest absolute Gasteiger partial charge is 0.252 e. The molecule has 0 saturated carbocycles. The molecule has 0 amide bonds. The molecule has 0 spiro atoms. The first kappa shape index (κ1) is 25.3. The molecule has 7 nitrogen and oxygen atoms in total. The molecule has 0 aliphatic heterocycles. The number of fused-ring (bicyclic) bond motifs is 1. The van der Waals surface area contributed by atoms with Gasteiger partial charge < -0.3 is 4.98 Å². The van der Waals surface area contributed by atoms with Gasteiger partial charge in [-0.15, -0.1) is 16.4 Å². The van der Waals surface area contributed by atoms with Gasteiger partial charge >= 0.3 is 0 Å². The highest BCUT2D eigenvalue weighted by Gasteiger charge is 2.34. The van der Waals surface area contributed by atoms with E-state index in [0.29, 0.717) is 13.1 Å². The van der Waals surface area contributed by atoms with E-state index in [4.69, 9.17) is 0 Å². The summed E-state index contributed by atoms with van der Waals surface area (Å²) in [6.07, 6.45) is 0.907. The lowest BCUT2D eigenvalue weighted by molar-refractivity contribution is 0.119. The van der Waals surface area contributed by atoms with Crippen molar-refractivity contribution in [2.45, 2.75) is 79.6 Å². The maximum atomic E-state index is 13.2.